The van der Waals surface area contributed by atoms with Gasteiger partial charge in [0.1, 0.15) is 4.90 Å². The molecule has 0 fully saturated rings. The van der Waals surface area contributed by atoms with E-state index < -0.39 is 49.9 Å². The maximum Gasteiger partial charge on any atom is 0.418 e. The first-order valence-electron chi connectivity index (χ1n) is 4.52. The summed E-state index contributed by atoms with van der Waals surface area (Å²) in [5, 5.41) is 0. The first-order valence-corrected chi connectivity index (χ1v) is 6.83. The summed E-state index contributed by atoms with van der Waals surface area (Å²) in [6, 6.07) is 0. The number of aromatic nitrogens is 1. The SMILES string of the molecule is NCc1ncc(S(=O)(=O)Cl)c(C(F)(F)F)c1C(F)F. The van der Waals surface area contributed by atoms with Crippen LogP contribution in [0, 0.1) is 0 Å². The molecule has 0 aromatic carbocycles. The van der Waals surface area contributed by atoms with E-state index >= 15 is 0 Å². The number of pyridine rings is 1. The van der Waals surface area contributed by atoms with Gasteiger partial charge in [-0.05, 0) is 0 Å². The molecule has 19 heavy (non-hydrogen) atoms. The highest BCUT2D eigenvalue weighted by Crippen LogP contribution is 2.41. The molecule has 1 rings (SSSR count). The minimum absolute atomic E-state index is 0.263. The van der Waals surface area contributed by atoms with Gasteiger partial charge in [-0.3, -0.25) is 4.98 Å². The van der Waals surface area contributed by atoms with Crippen molar-refractivity contribution in [3.63, 3.8) is 0 Å². The molecule has 0 saturated heterocycles. The molecule has 4 nitrogen and oxygen atoms in total. The monoisotopic (exact) mass is 324 g/mol. The van der Waals surface area contributed by atoms with Gasteiger partial charge in [-0.15, -0.1) is 0 Å². The number of nitrogens with two attached hydrogens (primary N) is 1. The average Bonchev–Trinajstić information content (AvgIpc) is 2.24. The van der Waals surface area contributed by atoms with Crippen molar-refractivity contribution < 1.29 is 30.4 Å². The standard InChI is InChI=1S/C8H6ClF5N2O2S/c9-19(17,18)4-2-16-3(1-15)5(7(10)11)6(4)8(12,13)14/h2,7H,1,15H2. The number of rotatable bonds is 3. The van der Waals surface area contributed by atoms with Crippen LogP contribution in [0.25, 0.3) is 0 Å². The molecule has 1 aromatic heterocycles. The van der Waals surface area contributed by atoms with E-state index in [0.717, 1.165) is 0 Å². The van der Waals surface area contributed by atoms with Crippen molar-refractivity contribution in [1.82, 2.24) is 4.98 Å². The zero-order valence-electron chi connectivity index (χ0n) is 8.88. The number of nitrogens with zero attached hydrogens (tertiary/aromatic N) is 1. The lowest BCUT2D eigenvalue weighted by Crippen LogP contribution is -2.19. The summed E-state index contributed by atoms with van der Waals surface area (Å²) in [7, 11) is -0.0840. The van der Waals surface area contributed by atoms with Gasteiger partial charge >= 0.3 is 6.18 Å². The highest BCUT2D eigenvalue weighted by molar-refractivity contribution is 8.13. The summed E-state index contributed by atoms with van der Waals surface area (Å²) in [4.78, 5) is 1.67. The Kier molecular flexibility index (Phi) is 4.37. The van der Waals surface area contributed by atoms with Crippen molar-refractivity contribution in [2.45, 2.75) is 24.0 Å². The van der Waals surface area contributed by atoms with Gasteiger partial charge in [-0.2, -0.15) is 13.2 Å². The van der Waals surface area contributed by atoms with E-state index in [9.17, 15) is 30.4 Å². The summed E-state index contributed by atoms with van der Waals surface area (Å²) >= 11 is 0. The van der Waals surface area contributed by atoms with Gasteiger partial charge < -0.3 is 5.73 Å². The van der Waals surface area contributed by atoms with Crippen molar-refractivity contribution in [2.24, 2.45) is 5.73 Å². The van der Waals surface area contributed by atoms with Crippen molar-refractivity contribution >= 4 is 19.7 Å². The van der Waals surface area contributed by atoms with Gasteiger partial charge in [-0.25, -0.2) is 17.2 Å². The number of hydrogen-bond acceptors (Lipinski definition) is 4. The van der Waals surface area contributed by atoms with Gasteiger partial charge in [0.25, 0.3) is 15.5 Å². The summed E-state index contributed by atoms with van der Waals surface area (Å²) in [6.45, 7) is -0.703. The van der Waals surface area contributed by atoms with Crippen LogP contribution < -0.4 is 5.73 Å². The zero-order chi connectivity index (χ0) is 15.0. The highest BCUT2D eigenvalue weighted by atomic mass is 35.7. The molecule has 1 aromatic rings. The van der Waals surface area contributed by atoms with Crippen LogP contribution in [0.4, 0.5) is 22.0 Å². The fraction of sp³-hybridized carbons (Fsp3) is 0.375. The van der Waals surface area contributed by atoms with E-state index in [-0.39, 0.29) is 6.20 Å². The Bertz CT molecular complexity index is 588. The van der Waals surface area contributed by atoms with Crippen LogP contribution in [0.3, 0.4) is 0 Å². The molecule has 0 aliphatic heterocycles. The molecule has 0 amide bonds. The molecule has 2 N–H and O–H groups in total. The van der Waals surface area contributed by atoms with E-state index in [1.54, 1.807) is 0 Å². The third kappa shape index (κ3) is 3.31. The lowest BCUT2D eigenvalue weighted by atomic mass is 10.1. The number of halogens is 6. The summed E-state index contributed by atoms with van der Waals surface area (Å²) in [5.74, 6) is 0. The van der Waals surface area contributed by atoms with Crippen molar-refractivity contribution in [1.29, 1.82) is 0 Å². The zero-order valence-corrected chi connectivity index (χ0v) is 10.5. The molecule has 108 valence electrons. The second-order valence-electron chi connectivity index (χ2n) is 3.30. The summed E-state index contributed by atoms with van der Waals surface area (Å²) in [6.07, 6.45) is -8.67. The van der Waals surface area contributed by atoms with E-state index in [1.165, 1.54) is 0 Å². The minimum Gasteiger partial charge on any atom is -0.325 e. The fourth-order valence-corrected chi connectivity index (χ4v) is 2.42. The maximum atomic E-state index is 12.8. The average molecular weight is 325 g/mol. The first-order chi connectivity index (χ1) is 8.50. The number of hydrogen-bond donors (Lipinski definition) is 1. The number of alkyl halides is 5. The van der Waals surface area contributed by atoms with Crippen molar-refractivity contribution in [3.05, 3.63) is 23.0 Å². The molecule has 0 saturated carbocycles. The molecule has 0 radical (unpaired) electrons. The van der Waals surface area contributed by atoms with E-state index in [0.29, 0.717) is 0 Å². The van der Waals surface area contributed by atoms with E-state index in [1.807, 2.05) is 0 Å². The molecule has 0 bridgehead atoms. The predicted molar refractivity (Wildman–Crippen MR) is 55.1 cm³/mol. The first kappa shape index (κ1) is 16.1. The highest BCUT2D eigenvalue weighted by Gasteiger charge is 2.42. The minimum atomic E-state index is -5.34. The Labute approximate surface area is 108 Å². The quantitative estimate of drug-likeness (QED) is 0.684. The smallest absolute Gasteiger partial charge is 0.325 e. The molecule has 11 heteroatoms. The van der Waals surface area contributed by atoms with Gasteiger partial charge in [0.05, 0.1) is 16.8 Å². The largest absolute Gasteiger partial charge is 0.418 e. The summed E-state index contributed by atoms with van der Waals surface area (Å²) < 4.78 is 85.9. The van der Waals surface area contributed by atoms with Crippen LogP contribution in [0.15, 0.2) is 11.1 Å². The Morgan fingerprint density at radius 1 is 1.37 bits per heavy atom. The lowest BCUT2D eigenvalue weighted by Gasteiger charge is -2.17. The Morgan fingerprint density at radius 3 is 2.21 bits per heavy atom. The topological polar surface area (TPSA) is 73.0 Å². The van der Waals surface area contributed by atoms with Crippen LogP contribution in [0.1, 0.15) is 23.2 Å². The van der Waals surface area contributed by atoms with Crippen molar-refractivity contribution in [3.8, 4) is 0 Å². The maximum absolute atomic E-state index is 12.8. The Hall–Kier alpha value is -1.00. The second kappa shape index (κ2) is 5.17. The van der Waals surface area contributed by atoms with E-state index in [2.05, 4.69) is 4.98 Å². The normalized spacial score (nSPS) is 13.1. The molecule has 0 unspecified atom stereocenters. The molecule has 0 spiro atoms. The van der Waals surface area contributed by atoms with Crippen LogP contribution >= 0.6 is 10.7 Å². The van der Waals surface area contributed by atoms with Crippen LogP contribution in [-0.4, -0.2) is 13.4 Å². The lowest BCUT2D eigenvalue weighted by molar-refractivity contribution is -0.142. The predicted octanol–water partition coefficient (Wildman–Crippen LogP) is 2.42. The third-order valence-electron chi connectivity index (χ3n) is 2.12. The molecule has 0 aliphatic rings. The third-order valence-corrected chi connectivity index (χ3v) is 3.46. The van der Waals surface area contributed by atoms with Crippen LogP contribution in [0.5, 0.6) is 0 Å². The summed E-state index contributed by atoms with van der Waals surface area (Å²) in [5.41, 5.74) is 0.663. The fourth-order valence-electron chi connectivity index (χ4n) is 1.42. The van der Waals surface area contributed by atoms with Gasteiger partial charge in [0.15, 0.2) is 0 Å². The molecule has 0 atom stereocenters. The molecule has 1 heterocycles. The van der Waals surface area contributed by atoms with Gasteiger partial charge in [0.2, 0.25) is 0 Å². The Balaban J connectivity index is 3.86. The van der Waals surface area contributed by atoms with Gasteiger partial charge in [-0.1, -0.05) is 0 Å². The van der Waals surface area contributed by atoms with Crippen LogP contribution in [0.2, 0.25) is 0 Å². The molecular weight excluding hydrogens is 319 g/mol. The molecule has 0 aliphatic carbocycles. The van der Waals surface area contributed by atoms with Gasteiger partial charge in [0, 0.05) is 23.4 Å². The Morgan fingerprint density at radius 2 is 1.89 bits per heavy atom. The van der Waals surface area contributed by atoms with Crippen LogP contribution in [-0.2, 0) is 21.8 Å². The van der Waals surface area contributed by atoms with E-state index in [4.69, 9.17) is 16.4 Å². The van der Waals surface area contributed by atoms with Crippen molar-refractivity contribution in [2.75, 3.05) is 0 Å². The molecular formula is C8H6ClF5N2O2S. The second-order valence-corrected chi connectivity index (χ2v) is 5.83.